The molecule has 0 radical (unpaired) electrons. The first-order valence-corrected chi connectivity index (χ1v) is 9.86. The Bertz CT molecular complexity index is 1140. The van der Waals surface area contributed by atoms with Crippen LogP contribution in [0.4, 0.5) is 15.8 Å². The number of hydrogen-bond acceptors (Lipinski definition) is 3. The minimum absolute atomic E-state index is 0.163. The molecule has 6 heteroatoms. The van der Waals surface area contributed by atoms with Crippen LogP contribution in [0.1, 0.15) is 18.1 Å². The largest absolute Gasteiger partial charge is 0.350 e. The molecule has 0 saturated carbocycles. The third-order valence-corrected chi connectivity index (χ3v) is 5.19. The van der Waals surface area contributed by atoms with Gasteiger partial charge in [0.25, 0.3) is 11.8 Å². The summed E-state index contributed by atoms with van der Waals surface area (Å²) >= 11 is 5.99. The molecule has 0 unspecified atom stereocenters. The molecule has 3 aromatic rings. The summed E-state index contributed by atoms with van der Waals surface area (Å²) in [5.41, 5.74) is 3.12. The number of imide groups is 1. The van der Waals surface area contributed by atoms with Gasteiger partial charge in [-0.3, -0.25) is 9.59 Å². The molecule has 0 bridgehead atoms. The molecule has 0 aliphatic carbocycles. The van der Waals surface area contributed by atoms with E-state index in [1.54, 1.807) is 24.3 Å². The molecule has 0 spiro atoms. The summed E-state index contributed by atoms with van der Waals surface area (Å²) in [7, 11) is 0. The van der Waals surface area contributed by atoms with Crippen LogP contribution >= 0.6 is 11.6 Å². The molecule has 4 nitrogen and oxygen atoms in total. The smallest absolute Gasteiger partial charge is 0.282 e. The van der Waals surface area contributed by atoms with E-state index in [9.17, 15) is 14.0 Å². The summed E-state index contributed by atoms with van der Waals surface area (Å²) in [5.74, 6) is -1.43. The Morgan fingerprint density at radius 2 is 1.50 bits per heavy atom. The first-order valence-electron chi connectivity index (χ1n) is 9.48. The second-order valence-corrected chi connectivity index (χ2v) is 7.29. The fourth-order valence-corrected chi connectivity index (χ4v) is 3.45. The summed E-state index contributed by atoms with van der Waals surface area (Å²) in [5, 5.41) is 3.63. The number of hydrogen-bond donors (Lipinski definition) is 1. The summed E-state index contributed by atoms with van der Waals surface area (Å²) in [6, 6.07) is 19.6. The van der Waals surface area contributed by atoms with Gasteiger partial charge in [-0.25, -0.2) is 9.29 Å². The van der Waals surface area contributed by atoms with Gasteiger partial charge in [-0.2, -0.15) is 0 Å². The Hall–Kier alpha value is -3.44. The number of amides is 2. The Kier molecular flexibility index (Phi) is 5.38. The summed E-state index contributed by atoms with van der Waals surface area (Å²) in [6.07, 6.45) is 0.898. The highest BCUT2D eigenvalue weighted by molar-refractivity contribution is 6.46. The molecule has 0 fully saturated rings. The van der Waals surface area contributed by atoms with Crippen molar-refractivity contribution in [1.29, 1.82) is 0 Å². The molecule has 150 valence electrons. The van der Waals surface area contributed by atoms with E-state index in [2.05, 4.69) is 12.2 Å². The van der Waals surface area contributed by atoms with Gasteiger partial charge in [-0.1, -0.05) is 42.8 Å². The van der Waals surface area contributed by atoms with Gasteiger partial charge in [0.1, 0.15) is 11.5 Å². The van der Waals surface area contributed by atoms with E-state index in [0.717, 1.165) is 16.9 Å². The van der Waals surface area contributed by atoms with Gasteiger partial charge in [0.2, 0.25) is 0 Å². The minimum atomic E-state index is -0.504. The number of carbonyl (C=O) groups excluding carboxylic acids is 2. The van der Waals surface area contributed by atoms with Gasteiger partial charge in [-0.15, -0.1) is 0 Å². The first kappa shape index (κ1) is 19.9. The molecule has 1 heterocycles. The van der Waals surface area contributed by atoms with Crippen molar-refractivity contribution in [1.82, 2.24) is 0 Å². The zero-order valence-corrected chi connectivity index (χ0v) is 16.9. The van der Waals surface area contributed by atoms with Crippen molar-refractivity contribution in [2.75, 3.05) is 10.2 Å². The van der Waals surface area contributed by atoms with E-state index < -0.39 is 17.6 Å². The van der Waals surface area contributed by atoms with E-state index in [1.165, 1.54) is 24.3 Å². The molecule has 1 N–H and O–H groups in total. The minimum Gasteiger partial charge on any atom is -0.350 e. The quantitative estimate of drug-likeness (QED) is 0.559. The average molecular weight is 421 g/mol. The number of nitrogens with one attached hydrogen (secondary N) is 1. The number of aryl methyl sites for hydroxylation is 1. The number of halogens is 2. The van der Waals surface area contributed by atoms with E-state index in [4.69, 9.17) is 11.6 Å². The van der Waals surface area contributed by atoms with Crippen molar-refractivity contribution in [3.05, 3.63) is 100 Å². The van der Waals surface area contributed by atoms with E-state index >= 15 is 0 Å². The molecule has 4 rings (SSSR count). The molecular weight excluding hydrogens is 403 g/mol. The van der Waals surface area contributed by atoms with Crippen molar-refractivity contribution in [3.8, 4) is 0 Å². The van der Waals surface area contributed by atoms with Crippen LogP contribution in [-0.4, -0.2) is 11.8 Å². The molecule has 1 aliphatic heterocycles. The van der Waals surface area contributed by atoms with Crippen LogP contribution in [0.25, 0.3) is 5.57 Å². The maximum absolute atomic E-state index is 13.3. The Balaban J connectivity index is 1.78. The number of nitrogens with zero attached hydrogens (tertiary/aromatic N) is 1. The SMILES string of the molecule is CCc1ccc(NC2=C(c3ccc(Cl)cc3)C(=O)N(c3ccc(F)cc3)C2=O)cc1. The van der Waals surface area contributed by atoms with Gasteiger partial charge < -0.3 is 5.32 Å². The normalized spacial score (nSPS) is 13.9. The van der Waals surface area contributed by atoms with Crippen LogP contribution in [0.3, 0.4) is 0 Å². The number of benzene rings is 3. The standard InChI is InChI=1S/C24H18ClFN2O2/c1-2-15-3-11-19(12-4-15)27-22-21(16-5-7-17(25)8-6-16)23(29)28(24(22)30)20-13-9-18(26)10-14-20/h3-14,27H,2H2,1H3. The molecule has 30 heavy (non-hydrogen) atoms. The Morgan fingerprint density at radius 3 is 2.10 bits per heavy atom. The summed E-state index contributed by atoms with van der Waals surface area (Å²) < 4.78 is 13.3. The molecule has 3 aromatic carbocycles. The lowest BCUT2D eigenvalue weighted by molar-refractivity contribution is -0.120. The summed E-state index contributed by atoms with van der Waals surface area (Å²) in [6.45, 7) is 2.06. The van der Waals surface area contributed by atoms with Gasteiger partial charge in [-0.05, 0) is 66.1 Å². The zero-order chi connectivity index (χ0) is 21.3. The highest BCUT2D eigenvalue weighted by Crippen LogP contribution is 2.34. The Labute approximate surface area is 178 Å². The number of anilines is 2. The molecule has 0 atom stereocenters. The van der Waals surface area contributed by atoms with Gasteiger partial charge in [0.05, 0.1) is 11.3 Å². The average Bonchev–Trinajstić information content (AvgIpc) is 3.00. The highest BCUT2D eigenvalue weighted by atomic mass is 35.5. The van der Waals surface area contributed by atoms with Crippen LogP contribution in [0.15, 0.2) is 78.5 Å². The van der Waals surface area contributed by atoms with E-state index in [1.807, 2.05) is 24.3 Å². The topological polar surface area (TPSA) is 49.4 Å². The van der Waals surface area contributed by atoms with Crippen LogP contribution in [0, 0.1) is 5.82 Å². The van der Waals surface area contributed by atoms with Crippen molar-refractivity contribution in [2.45, 2.75) is 13.3 Å². The van der Waals surface area contributed by atoms with Crippen LogP contribution in [0.2, 0.25) is 5.02 Å². The van der Waals surface area contributed by atoms with Crippen molar-refractivity contribution in [3.63, 3.8) is 0 Å². The van der Waals surface area contributed by atoms with Gasteiger partial charge >= 0.3 is 0 Å². The molecule has 2 amide bonds. The molecular formula is C24H18ClFN2O2. The number of carbonyl (C=O) groups is 2. The second kappa shape index (κ2) is 8.13. The summed E-state index contributed by atoms with van der Waals surface area (Å²) in [4.78, 5) is 27.6. The monoisotopic (exact) mass is 420 g/mol. The second-order valence-electron chi connectivity index (χ2n) is 6.85. The predicted molar refractivity (Wildman–Crippen MR) is 117 cm³/mol. The fourth-order valence-electron chi connectivity index (χ4n) is 3.32. The lowest BCUT2D eigenvalue weighted by atomic mass is 10.0. The molecule has 0 aromatic heterocycles. The van der Waals surface area contributed by atoms with Crippen LogP contribution < -0.4 is 10.2 Å². The lowest BCUT2D eigenvalue weighted by Gasteiger charge is -2.15. The van der Waals surface area contributed by atoms with Crippen LogP contribution in [-0.2, 0) is 16.0 Å². The molecule has 0 saturated heterocycles. The number of rotatable bonds is 5. The van der Waals surface area contributed by atoms with Gasteiger partial charge in [0, 0.05) is 10.7 Å². The van der Waals surface area contributed by atoms with Crippen molar-refractivity contribution in [2.24, 2.45) is 0 Å². The van der Waals surface area contributed by atoms with Crippen LogP contribution in [0.5, 0.6) is 0 Å². The fraction of sp³-hybridized carbons (Fsp3) is 0.0833. The third kappa shape index (κ3) is 3.72. The third-order valence-electron chi connectivity index (χ3n) is 4.93. The maximum atomic E-state index is 13.3. The predicted octanol–water partition coefficient (Wildman–Crippen LogP) is 5.44. The van der Waals surface area contributed by atoms with Crippen molar-refractivity contribution < 1.29 is 14.0 Å². The first-order chi connectivity index (χ1) is 14.5. The van der Waals surface area contributed by atoms with E-state index in [0.29, 0.717) is 22.0 Å². The van der Waals surface area contributed by atoms with Gasteiger partial charge in [0.15, 0.2) is 0 Å². The maximum Gasteiger partial charge on any atom is 0.282 e. The highest BCUT2D eigenvalue weighted by Gasteiger charge is 2.40. The van der Waals surface area contributed by atoms with Crippen molar-refractivity contribution >= 4 is 40.4 Å². The van der Waals surface area contributed by atoms with E-state index in [-0.39, 0.29) is 11.3 Å². The lowest BCUT2D eigenvalue weighted by Crippen LogP contribution is -2.32. The molecule has 1 aliphatic rings. The zero-order valence-electron chi connectivity index (χ0n) is 16.2. The Morgan fingerprint density at radius 1 is 0.867 bits per heavy atom.